The van der Waals surface area contributed by atoms with E-state index in [2.05, 4.69) is 23.8 Å². The van der Waals surface area contributed by atoms with Gasteiger partial charge in [-0.3, -0.25) is 29.2 Å². The molecule has 1 aliphatic heterocycles. The van der Waals surface area contributed by atoms with Gasteiger partial charge in [0.15, 0.2) is 0 Å². The molecule has 2 aromatic rings. The lowest BCUT2D eigenvalue weighted by Crippen LogP contribution is -2.57. The first kappa shape index (κ1) is 34.1. The van der Waals surface area contributed by atoms with Gasteiger partial charge in [0.25, 0.3) is 0 Å². The van der Waals surface area contributed by atoms with Crippen LogP contribution in [0.2, 0.25) is 0 Å². The van der Waals surface area contributed by atoms with Gasteiger partial charge in [-0.25, -0.2) is 4.79 Å². The monoisotopic (exact) mass is 604 g/mol. The highest BCUT2D eigenvalue weighted by molar-refractivity contribution is 6.06. The number of carbonyl (C=O) groups excluding carboxylic acids is 3. The van der Waals surface area contributed by atoms with Crippen molar-refractivity contribution < 1.29 is 29.1 Å². The molecule has 10 heteroatoms. The van der Waals surface area contributed by atoms with E-state index < -0.39 is 35.9 Å². The first-order chi connectivity index (χ1) is 21.2. The van der Waals surface area contributed by atoms with Crippen molar-refractivity contribution in [2.24, 2.45) is 5.92 Å². The van der Waals surface area contributed by atoms with Crippen molar-refractivity contribution >= 4 is 29.4 Å². The normalized spacial score (nSPS) is 15.8. The van der Waals surface area contributed by atoms with Crippen LogP contribution >= 0.6 is 0 Å². The number of carboxylic acids is 1. The molecule has 1 unspecified atom stereocenters. The molecular formula is C34H44N4O6. The van der Waals surface area contributed by atoms with Gasteiger partial charge >= 0.3 is 5.97 Å². The Kier molecular flexibility index (Phi) is 13.2. The Morgan fingerprint density at radius 3 is 2.43 bits per heavy atom. The topological polar surface area (TPSA) is 128 Å². The number of amides is 3. The van der Waals surface area contributed by atoms with Gasteiger partial charge in [-0.2, -0.15) is 0 Å². The molecule has 4 atom stereocenters. The van der Waals surface area contributed by atoms with Gasteiger partial charge in [-0.1, -0.05) is 81.5 Å². The van der Waals surface area contributed by atoms with Crippen molar-refractivity contribution in [1.29, 1.82) is 0 Å². The van der Waals surface area contributed by atoms with Crippen LogP contribution in [0.5, 0.6) is 0 Å². The van der Waals surface area contributed by atoms with Gasteiger partial charge in [0.2, 0.25) is 17.7 Å². The quantitative estimate of drug-likeness (QED) is 0.133. The zero-order valence-corrected chi connectivity index (χ0v) is 25.6. The Bertz CT molecular complexity index is 1300. The number of fused-ring (bicyclic) bond motifs is 1. The summed E-state index contributed by atoms with van der Waals surface area (Å²) in [6, 6.07) is 13.4. The van der Waals surface area contributed by atoms with E-state index in [4.69, 9.17) is 4.84 Å². The lowest BCUT2D eigenvalue weighted by molar-refractivity contribution is -0.140. The van der Waals surface area contributed by atoms with Crippen molar-refractivity contribution in [2.45, 2.75) is 70.5 Å². The lowest BCUT2D eigenvalue weighted by atomic mass is 9.97. The highest BCUT2D eigenvalue weighted by Gasteiger charge is 2.41. The van der Waals surface area contributed by atoms with Gasteiger partial charge in [-0.15, -0.1) is 6.58 Å². The van der Waals surface area contributed by atoms with Crippen LogP contribution in [0, 0.1) is 5.92 Å². The number of hydroxylamine groups is 2. The Hall–Kier alpha value is -4.44. The smallest absolute Gasteiger partial charge is 0.327 e. The van der Waals surface area contributed by atoms with Crippen molar-refractivity contribution in [2.75, 3.05) is 18.1 Å². The number of rotatable bonds is 18. The van der Waals surface area contributed by atoms with Crippen LogP contribution in [0.3, 0.4) is 0 Å². The maximum absolute atomic E-state index is 14.1. The van der Waals surface area contributed by atoms with Gasteiger partial charge in [0, 0.05) is 24.9 Å². The van der Waals surface area contributed by atoms with Crippen LogP contribution in [-0.4, -0.2) is 65.1 Å². The third kappa shape index (κ3) is 9.28. The molecule has 3 amide bonds. The lowest BCUT2D eigenvalue weighted by Gasteiger charge is -2.30. The summed E-state index contributed by atoms with van der Waals surface area (Å²) in [6.45, 7) is 12.0. The summed E-state index contributed by atoms with van der Waals surface area (Å²) in [5.41, 5.74) is 2.10. The summed E-state index contributed by atoms with van der Waals surface area (Å²) >= 11 is 0. The molecule has 44 heavy (non-hydrogen) atoms. The molecule has 0 aliphatic carbocycles. The zero-order valence-electron chi connectivity index (χ0n) is 25.6. The number of para-hydroxylation sites is 1. The van der Waals surface area contributed by atoms with E-state index in [1.165, 1.54) is 4.90 Å². The second-order valence-electron chi connectivity index (χ2n) is 11.0. The minimum atomic E-state index is -1.12. The summed E-state index contributed by atoms with van der Waals surface area (Å²) in [5, 5.41) is 17.3. The number of benzene rings is 2. The fraction of sp³-hybridized carbons (Fsp3) is 0.412. The minimum absolute atomic E-state index is 0.113. The van der Waals surface area contributed by atoms with Crippen molar-refractivity contribution in [1.82, 2.24) is 15.7 Å². The Labute approximate surface area is 259 Å². The van der Waals surface area contributed by atoms with Crippen LogP contribution in [0.1, 0.15) is 50.7 Å². The van der Waals surface area contributed by atoms with Crippen LogP contribution in [-0.2, 0) is 36.9 Å². The second-order valence-corrected chi connectivity index (χ2v) is 11.0. The zero-order chi connectivity index (χ0) is 32.1. The standard InChI is InChI=1S/C34H44N4O6/c1-5-21-44-37(7-3)20-14-13-18-27(33(41)38-28-19-12-11-17-26(28)23-29(38)34(42)43)35-32(40)31(24(4)6-2)36-30(39)22-25-15-9-8-10-16-25/h5,7-12,15-17,19,24,27,29,31H,1,3,6,13-14,18,20-23H2,2,4H3,(H,35,40)(H,36,39)(H,42,43)/t24-,27-,29?,31-/m0/s1. The highest BCUT2D eigenvalue weighted by atomic mass is 16.7. The molecule has 2 aromatic carbocycles. The molecule has 0 aromatic heterocycles. The van der Waals surface area contributed by atoms with Crippen molar-refractivity contribution in [3.05, 3.63) is 91.2 Å². The highest BCUT2D eigenvalue weighted by Crippen LogP contribution is 2.33. The predicted molar refractivity (Wildman–Crippen MR) is 169 cm³/mol. The first-order valence-corrected chi connectivity index (χ1v) is 15.1. The van der Waals surface area contributed by atoms with E-state index in [9.17, 15) is 24.3 Å². The number of aliphatic carboxylic acids is 1. The average Bonchev–Trinajstić information content (AvgIpc) is 3.42. The number of hydrogen-bond donors (Lipinski definition) is 3. The number of nitrogens with zero attached hydrogens (tertiary/aromatic N) is 2. The summed E-state index contributed by atoms with van der Waals surface area (Å²) in [7, 11) is 0. The Balaban J connectivity index is 1.81. The third-order valence-corrected chi connectivity index (χ3v) is 7.82. The molecule has 1 heterocycles. The predicted octanol–water partition coefficient (Wildman–Crippen LogP) is 4.02. The number of carbonyl (C=O) groups is 4. The van der Waals surface area contributed by atoms with Gasteiger partial charge in [0.1, 0.15) is 18.1 Å². The summed E-state index contributed by atoms with van der Waals surface area (Å²) in [5.74, 6) is -2.62. The molecular weight excluding hydrogens is 560 g/mol. The van der Waals surface area contributed by atoms with Crippen molar-refractivity contribution in [3.8, 4) is 0 Å². The van der Waals surface area contributed by atoms with Crippen LogP contribution in [0.4, 0.5) is 5.69 Å². The summed E-state index contributed by atoms with van der Waals surface area (Å²) in [4.78, 5) is 59.9. The molecule has 10 nitrogen and oxygen atoms in total. The molecule has 3 rings (SSSR count). The number of carboxylic acid groups (broad SMARTS) is 1. The Morgan fingerprint density at radius 1 is 1.07 bits per heavy atom. The number of hydrogen-bond acceptors (Lipinski definition) is 6. The molecule has 1 aliphatic rings. The maximum atomic E-state index is 14.1. The van der Waals surface area contributed by atoms with E-state index in [-0.39, 0.29) is 31.1 Å². The number of anilines is 1. The van der Waals surface area contributed by atoms with Crippen molar-refractivity contribution in [3.63, 3.8) is 0 Å². The van der Waals surface area contributed by atoms with E-state index >= 15 is 0 Å². The largest absolute Gasteiger partial charge is 0.480 e. The second kappa shape index (κ2) is 17.0. The molecule has 0 fully saturated rings. The Morgan fingerprint density at radius 2 is 1.77 bits per heavy atom. The number of nitrogens with one attached hydrogen (secondary N) is 2. The maximum Gasteiger partial charge on any atom is 0.327 e. The molecule has 0 spiro atoms. The van der Waals surface area contributed by atoms with Crippen LogP contribution < -0.4 is 15.5 Å². The van der Waals surface area contributed by atoms with E-state index in [1.807, 2.05) is 44.2 Å². The SMILES string of the molecule is C=CCON(C=C)CCCC[C@H](NC(=O)[C@@H](NC(=O)Cc1ccccc1)[C@@H](C)CC)C(=O)N1c2ccccc2CC1C(=O)O. The van der Waals surface area contributed by atoms with Gasteiger partial charge < -0.3 is 15.7 Å². The third-order valence-electron chi connectivity index (χ3n) is 7.82. The molecule has 0 radical (unpaired) electrons. The van der Waals surface area contributed by atoms with Crippen LogP contribution in [0.15, 0.2) is 80.0 Å². The van der Waals surface area contributed by atoms with E-state index in [0.29, 0.717) is 38.1 Å². The fourth-order valence-corrected chi connectivity index (χ4v) is 5.22. The number of unbranched alkanes of at least 4 members (excludes halogenated alkanes) is 1. The summed E-state index contributed by atoms with van der Waals surface area (Å²) in [6.07, 6.45) is 5.49. The minimum Gasteiger partial charge on any atom is -0.480 e. The van der Waals surface area contributed by atoms with Crippen LogP contribution in [0.25, 0.3) is 0 Å². The van der Waals surface area contributed by atoms with Gasteiger partial charge in [0.05, 0.1) is 13.0 Å². The first-order valence-electron chi connectivity index (χ1n) is 15.1. The molecule has 0 saturated heterocycles. The summed E-state index contributed by atoms with van der Waals surface area (Å²) < 4.78 is 0. The molecule has 3 N–H and O–H groups in total. The van der Waals surface area contributed by atoms with Gasteiger partial charge in [-0.05, 0) is 42.4 Å². The average molecular weight is 605 g/mol. The van der Waals surface area contributed by atoms with E-state index in [0.717, 1.165) is 11.1 Å². The molecule has 0 bridgehead atoms. The molecule has 236 valence electrons. The van der Waals surface area contributed by atoms with E-state index in [1.54, 1.807) is 41.6 Å². The fourth-order valence-electron chi connectivity index (χ4n) is 5.22. The molecule has 0 saturated carbocycles.